The van der Waals surface area contributed by atoms with Crippen LogP contribution in [0.1, 0.15) is 31.7 Å². The smallest absolute Gasteiger partial charge is 0.132 e. The Hall–Kier alpha value is -1.77. The van der Waals surface area contributed by atoms with Crippen LogP contribution in [-0.2, 0) is 6.42 Å². The van der Waals surface area contributed by atoms with Crippen LogP contribution in [0, 0.1) is 5.82 Å². The second-order valence-electron chi connectivity index (χ2n) is 4.33. The zero-order chi connectivity index (χ0) is 12.8. The lowest BCUT2D eigenvalue weighted by molar-refractivity contribution is 0.630. The van der Waals surface area contributed by atoms with Crippen LogP contribution in [0.25, 0.3) is 11.3 Å². The molecule has 1 aromatic carbocycles. The van der Waals surface area contributed by atoms with Crippen LogP contribution in [0.3, 0.4) is 0 Å². The van der Waals surface area contributed by atoms with E-state index in [4.69, 9.17) is 0 Å². The van der Waals surface area contributed by atoms with E-state index in [9.17, 15) is 4.39 Å². The van der Waals surface area contributed by atoms with Crippen LogP contribution in [0.15, 0.2) is 36.8 Å². The molecule has 0 aliphatic heterocycles. The Morgan fingerprint density at radius 2 is 2.00 bits per heavy atom. The summed E-state index contributed by atoms with van der Waals surface area (Å²) < 4.78 is 13.8. The van der Waals surface area contributed by atoms with Gasteiger partial charge in [0, 0.05) is 11.8 Å². The number of nitrogens with zero attached hydrogens (tertiary/aromatic N) is 2. The molecule has 2 aromatic rings. The third kappa shape index (κ3) is 2.92. The first-order valence-electron chi connectivity index (χ1n) is 6.36. The molecule has 3 heteroatoms. The minimum absolute atomic E-state index is 0.229. The highest BCUT2D eigenvalue weighted by atomic mass is 19.1. The van der Waals surface area contributed by atoms with E-state index in [1.807, 2.05) is 6.07 Å². The molecular formula is C15H17FN2. The summed E-state index contributed by atoms with van der Waals surface area (Å²) >= 11 is 0. The van der Waals surface area contributed by atoms with Crippen molar-refractivity contribution in [1.29, 1.82) is 0 Å². The van der Waals surface area contributed by atoms with Crippen molar-refractivity contribution in [1.82, 2.24) is 9.97 Å². The highest BCUT2D eigenvalue weighted by molar-refractivity contribution is 5.63. The summed E-state index contributed by atoms with van der Waals surface area (Å²) in [4.78, 5) is 8.28. The van der Waals surface area contributed by atoms with E-state index in [-0.39, 0.29) is 5.82 Å². The average Bonchev–Trinajstić information content (AvgIpc) is 2.40. The van der Waals surface area contributed by atoms with Gasteiger partial charge in [-0.2, -0.15) is 0 Å². The first kappa shape index (κ1) is 12.7. The number of benzene rings is 1. The molecular weight excluding hydrogens is 227 g/mol. The predicted octanol–water partition coefficient (Wildman–Crippen LogP) is 4.02. The van der Waals surface area contributed by atoms with Gasteiger partial charge in [0.05, 0.1) is 5.69 Å². The molecule has 0 radical (unpaired) electrons. The molecule has 1 heterocycles. The van der Waals surface area contributed by atoms with Gasteiger partial charge in [0.2, 0.25) is 0 Å². The average molecular weight is 244 g/mol. The molecule has 0 aliphatic rings. The molecule has 2 nitrogen and oxygen atoms in total. The fourth-order valence-electron chi connectivity index (χ4n) is 2.00. The van der Waals surface area contributed by atoms with E-state index in [0.29, 0.717) is 5.56 Å². The highest BCUT2D eigenvalue weighted by Crippen LogP contribution is 2.24. The van der Waals surface area contributed by atoms with Gasteiger partial charge in [-0.05, 0) is 30.5 Å². The summed E-state index contributed by atoms with van der Waals surface area (Å²) in [5, 5.41) is 0. The van der Waals surface area contributed by atoms with Crippen molar-refractivity contribution in [2.24, 2.45) is 0 Å². The SMILES string of the molecule is CCCCCc1cncnc1-c1ccccc1F. The zero-order valence-corrected chi connectivity index (χ0v) is 10.6. The maximum absolute atomic E-state index is 13.8. The fraction of sp³-hybridized carbons (Fsp3) is 0.333. The van der Waals surface area contributed by atoms with Gasteiger partial charge in [-0.3, -0.25) is 0 Å². The lowest BCUT2D eigenvalue weighted by Crippen LogP contribution is -1.97. The number of unbranched alkanes of at least 4 members (excludes halogenated alkanes) is 2. The van der Waals surface area contributed by atoms with E-state index >= 15 is 0 Å². The third-order valence-electron chi connectivity index (χ3n) is 2.97. The van der Waals surface area contributed by atoms with Crippen LogP contribution >= 0.6 is 0 Å². The molecule has 2 rings (SSSR count). The second kappa shape index (κ2) is 6.24. The second-order valence-corrected chi connectivity index (χ2v) is 4.33. The molecule has 0 N–H and O–H groups in total. The maximum atomic E-state index is 13.8. The van der Waals surface area contributed by atoms with E-state index in [1.165, 1.54) is 25.2 Å². The minimum atomic E-state index is -0.229. The Kier molecular flexibility index (Phi) is 4.40. The molecule has 1 aromatic heterocycles. The number of aromatic nitrogens is 2. The van der Waals surface area contributed by atoms with Crippen LogP contribution in [0.2, 0.25) is 0 Å². The zero-order valence-electron chi connectivity index (χ0n) is 10.6. The first-order valence-corrected chi connectivity index (χ1v) is 6.36. The number of halogens is 1. The van der Waals surface area contributed by atoms with Crippen molar-refractivity contribution >= 4 is 0 Å². The quantitative estimate of drug-likeness (QED) is 0.742. The molecule has 0 aliphatic carbocycles. The van der Waals surface area contributed by atoms with Gasteiger partial charge in [-0.15, -0.1) is 0 Å². The van der Waals surface area contributed by atoms with Gasteiger partial charge in [-0.1, -0.05) is 31.9 Å². The van der Waals surface area contributed by atoms with Crippen LogP contribution < -0.4 is 0 Å². The van der Waals surface area contributed by atoms with E-state index in [1.54, 1.807) is 18.3 Å². The molecule has 0 unspecified atom stereocenters. The van der Waals surface area contributed by atoms with Gasteiger partial charge in [0.15, 0.2) is 0 Å². The number of rotatable bonds is 5. The molecule has 0 amide bonds. The van der Waals surface area contributed by atoms with Crippen molar-refractivity contribution in [2.75, 3.05) is 0 Å². The van der Waals surface area contributed by atoms with E-state index < -0.39 is 0 Å². The number of hydrogen-bond acceptors (Lipinski definition) is 2. The summed E-state index contributed by atoms with van der Waals surface area (Å²) in [6.07, 6.45) is 7.60. The molecule has 0 saturated heterocycles. The van der Waals surface area contributed by atoms with Gasteiger partial charge in [0.1, 0.15) is 12.1 Å². The predicted molar refractivity (Wildman–Crippen MR) is 70.7 cm³/mol. The first-order chi connectivity index (χ1) is 8.83. The fourth-order valence-corrected chi connectivity index (χ4v) is 2.00. The van der Waals surface area contributed by atoms with Crippen molar-refractivity contribution in [3.8, 4) is 11.3 Å². The lowest BCUT2D eigenvalue weighted by atomic mass is 10.0. The monoisotopic (exact) mass is 244 g/mol. The van der Waals surface area contributed by atoms with E-state index in [0.717, 1.165) is 24.1 Å². The van der Waals surface area contributed by atoms with Crippen LogP contribution in [0.5, 0.6) is 0 Å². The topological polar surface area (TPSA) is 25.8 Å². The minimum Gasteiger partial charge on any atom is -0.244 e. The Balaban J connectivity index is 2.30. The van der Waals surface area contributed by atoms with Crippen LogP contribution in [0.4, 0.5) is 4.39 Å². The lowest BCUT2D eigenvalue weighted by Gasteiger charge is -2.08. The van der Waals surface area contributed by atoms with Gasteiger partial charge < -0.3 is 0 Å². The van der Waals surface area contributed by atoms with Gasteiger partial charge in [-0.25, -0.2) is 14.4 Å². The summed E-state index contributed by atoms with van der Waals surface area (Å²) in [5.74, 6) is -0.229. The van der Waals surface area contributed by atoms with Crippen molar-refractivity contribution in [3.05, 3.63) is 48.2 Å². The largest absolute Gasteiger partial charge is 0.244 e. The van der Waals surface area contributed by atoms with Crippen molar-refractivity contribution < 1.29 is 4.39 Å². The molecule has 0 saturated carbocycles. The Morgan fingerprint density at radius 3 is 2.78 bits per heavy atom. The standard InChI is InChI=1S/C15H17FN2/c1-2-3-4-7-12-10-17-11-18-15(12)13-8-5-6-9-14(13)16/h5-6,8-11H,2-4,7H2,1H3. The Labute approximate surface area is 107 Å². The summed E-state index contributed by atoms with van der Waals surface area (Å²) in [5.41, 5.74) is 2.31. The molecule has 0 spiro atoms. The van der Waals surface area contributed by atoms with Gasteiger partial charge in [0.25, 0.3) is 0 Å². The molecule has 18 heavy (non-hydrogen) atoms. The van der Waals surface area contributed by atoms with E-state index in [2.05, 4.69) is 16.9 Å². The number of hydrogen-bond donors (Lipinski definition) is 0. The molecule has 0 bridgehead atoms. The van der Waals surface area contributed by atoms with Crippen molar-refractivity contribution in [3.63, 3.8) is 0 Å². The Bertz CT molecular complexity index is 511. The number of aryl methyl sites for hydroxylation is 1. The van der Waals surface area contributed by atoms with Crippen molar-refractivity contribution in [2.45, 2.75) is 32.6 Å². The Morgan fingerprint density at radius 1 is 1.17 bits per heavy atom. The highest BCUT2D eigenvalue weighted by Gasteiger charge is 2.10. The third-order valence-corrected chi connectivity index (χ3v) is 2.97. The normalized spacial score (nSPS) is 10.6. The molecule has 0 fully saturated rings. The molecule has 94 valence electrons. The van der Waals surface area contributed by atoms with Crippen LogP contribution in [-0.4, -0.2) is 9.97 Å². The summed E-state index contributed by atoms with van der Waals surface area (Å²) in [6, 6.07) is 6.75. The van der Waals surface area contributed by atoms with Gasteiger partial charge >= 0.3 is 0 Å². The molecule has 0 atom stereocenters. The maximum Gasteiger partial charge on any atom is 0.132 e. The summed E-state index contributed by atoms with van der Waals surface area (Å²) in [6.45, 7) is 2.17. The summed E-state index contributed by atoms with van der Waals surface area (Å²) in [7, 11) is 0.